The summed E-state index contributed by atoms with van der Waals surface area (Å²) < 4.78 is 10.9. The number of methoxy groups -OCH3 is 1. The number of fused-ring (bicyclic) bond motifs is 3. The van der Waals surface area contributed by atoms with Gasteiger partial charge in [0.15, 0.2) is 5.82 Å². The monoisotopic (exact) mass is 389 g/mol. The second-order valence-electron chi connectivity index (χ2n) is 7.18. The zero-order valence-corrected chi connectivity index (χ0v) is 16.3. The van der Waals surface area contributed by atoms with Gasteiger partial charge in [0.05, 0.1) is 37.4 Å². The molecule has 7 heteroatoms. The third-order valence-electron chi connectivity index (χ3n) is 5.33. The van der Waals surface area contributed by atoms with Crippen LogP contribution in [-0.4, -0.2) is 53.5 Å². The Balaban J connectivity index is 1.43. The molecule has 0 unspecified atom stereocenters. The molecule has 1 fully saturated rings. The topological polar surface area (TPSA) is 75.3 Å². The van der Waals surface area contributed by atoms with E-state index in [9.17, 15) is 0 Å². The minimum Gasteiger partial charge on any atom is -0.496 e. The number of anilines is 2. The molecule has 4 aromatic rings. The first kappa shape index (κ1) is 17.9. The molecule has 2 aromatic carbocycles. The summed E-state index contributed by atoms with van der Waals surface area (Å²) >= 11 is 0. The van der Waals surface area contributed by atoms with E-state index in [1.165, 1.54) is 5.56 Å². The lowest BCUT2D eigenvalue weighted by molar-refractivity contribution is 0.0342. The highest BCUT2D eigenvalue weighted by atomic mass is 16.5. The summed E-state index contributed by atoms with van der Waals surface area (Å²) in [6.45, 7) is 4.56. The first-order valence-corrected chi connectivity index (χ1v) is 9.78. The van der Waals surface area contributed by atoms with E-state index in [0.717, 1.165) is 71.9 Å². The molecular weight excluding hydrogens is 366 g/mol. The molecule has 1 aliphatic rings. The van der Waals surface area contributed by atoms with E-state index >= 15 is 0 Å². The lowest BCUT2D eigenvalue weighted by Crippen LogP contribution is -2.35. The molecule has 5 rings (SSSR count). The summed E-state index contributed by atoms with van der Waals surface area (Å²) in [5, 5.41) is 12.7. The van der Waals surface area contributed by atoms with Crippen LogP contribution in [0.4, 0.5) is 11.5 Å². The van der Waals surface area contributed by atoms with Crippen molar-refractivity contribution >= 4 is 33.3 Å². The van der Waals surface area contributed by atoms with Crippen molar-refractivity contribution in [2.24, 2.45) is 0 Å². The average Bonchev–Trinajstić information content (AvgIpc) is 3.26. The summed E-state index contributed by atoms with van der Waals surface area (Å²) in [5.74, 6) is 1.54. The van der Waals surface area contributed by atoms with Crippen molar-refractivity contribution in [3.63, 3.8) is 0 Å². The largest absolute Gasteiger partial charge is 0.496 e. The summed E-state index contributed by atoms with van der Waals surface area (Å²) in [6.07, 6.45) is 1.82. The molecule has 1 saturated heterocycles. The fourth-order valence-corrected chi connectivity index (χ4v) is 3.82. The van der Waals surface area contributed by atoms with Gasteiger partial charge in [-0.1, -0.05) is 18.2 Å². The third-order valence-corrected chi connectivity index (χ3v) is 5.33. The van der Waals surface area contributed by atoms with Gasteiger partial charge in [0.1, 0.15) is 11.3 Å². The Kier molecular flexibility index (Phi) is 4.75. The van der Waals surface area contributed by atoms with Crippen molar-refractivity contribution in [3.8, 4) is 5.75 Å². The molecule has 3 heterocycles. The van der Waals surface area contributed by atoms with Crippen LogP contribution in [0.5, 0.6) is 5.75 Å². The maximum absolute atomic E-state index is 5.52. The van der Waals surface area contributed by atoms with Gasteiger partial charge in [0.25, 0.3) is 0 Å². The molecule has 7 nitrogen and oxygen atoms in total. The smallest absolute Gasteiger partial charge is 0.157 e. The Hall–Kier alpha value is -3.16. The van der Waals surface area contributed by atoms with Crippen molar-refractivity contribution in [2.45, 2.75) is 6.54 Å². The maximum atomic E-state index is 5.52. The van der Waals surface area contributed by atoms with E-state index in [0.29, 0.717) is 0 Å². The van der Waals surface area contributed by atoms with E-state index < -0.39 is 0 Å². The number of H-pyrrole nitrogens is 1. The molecule has 148 valence electrons. The van der Waals surface area contributed by atoms with Crippen LogP contribution in [0, 0.1) is 0 Å². The Bertz CT molecular complexity index is 1130. The van der Waals surface area contributed by atoms with Crippen molar-refractivity contribution in [2.75, 3.05) is 38.7 Å². The van der Waals surface area contributed by atoms with E-state index in [1.807, 2.05) is 24.4 Å². The number of nitrogens with one attached hydrogen (secondary N) is 2. The van der Waals surface area contributed by atoms with Crippen LogP contribution in [0.2, 0.25) is 0 Å². The van der Waals surface area contributed by atoms with Gasteiger partial charge >= 0.3 is 0 Å². The first-order valence-electron chi connectivity index (χ1n) is 9.78. The van der Waals surface area contributed by atoms with Gasteiger partial charge in [-0.3, -0.25) is 10.00 Å². The van der Waals surface area contributed by atoms with Crippen molar-refractivity contribution in [3.05, 3.63) is 54.2 Å². The predicted molar refractivity (Wildman–Crippen MR) is 114 cm³/mol. The number of benzene rings is 2. The van der Waals surface area contributed by atoms with E-state index in [2.05, 4.69) is 44.7 Å². The molecule has 0 amide bonds. The number of pyridine rings is 1. The number of morpholine rings is 1. The van der Waals surface area contributed by atoms with Crippen LogP contribution in [0.1, 0.15) is 5.56 Å². The molecule has 0 saturated carbocycles. The van der Waals surface area contributed by atoms with Gasteiger partial charge in [0, 0.05) is 30.7 Å². The summed E-state index contributed by atoms with van der Waals surface area (Å²) in [7, 11) is 1.67. The highest BCUT2D eigenvalue weighted by Crippen LogP contribution is 2.34. The molecule has 0 radical (unpaired) electrons. The van der Waals surface area contributed by atoms with Crippen LogP contribution in [0.15, 0.2) is 48.7 Å². The van der Waals surface area contributed by atoms with Crippen molar-refractivity contribution in [1.82, 2.24) is 20.1 Å². The van der Waals surface area contributed by atoms with Crippen LogP contribution < -0.4 is 10.1 Å². The van der Waals surface area contributed by atoms with Crippen LogP contribution in [0.25, 0.3) is 21.8 Å². The first-order chi connectivity index (χ1) is 14.3. The van der Waals surface area contributed by atoms with Crippen molar-refractivity contribution < 1.29 is 9.47 Å². The lowest BCUT2D eigenvalue weighted by Gasteiger charge is -2.26. The minimum absolute atomic E-state index is 0.749. The van der Waals surface area contributed by atoms with E-state index in [-0.39, 0.29) is 0 Å². The third kappa shape index (κ3) is 3.50. The zero-order chi connectivity index (χ0) is 19.6. The zero-order valence-electron chi connectivity index (χ0n) is 16.3. The maximum Gasteiger partial charge on any atom is 0.157 e. The van der Waals surface area contributed by atoms with E-state index in [4.69, 9.17) is 14.5 Å². The molecule has 0 aliphatic carbocycles. The Morgan fingerprint density at radius 2 is 1.97 bits per heavy atom. The van der Waals surface area contributed by atoms with Gasteiger partial charge in [-0.25, -0.2) is 4.98 Å². The average molecular weight is 389 g/mol. The molecular formula is C22H23N5O2. The number of rotatable bonds is 5. The molecule has 1 aliphatic heterocycles. The number of ether oxygens (including phenoxy) is 2. The Morgan fingerprint density at radius 1 is 1.14 bits per heavy atom. The molecule has 2 aromatic heterocycles. The number of aromatic nitrogens is 3. The molecule has 29 heavy (non-hydrogen) atoms. The number of aromatic amines is 1. The second-order valence-corrected chi connectivity index (χ2v) is 7.18. The fraction of sp³-hybridized carbons (Fsp3) is 0.273. The van der Waals surface area contributed by atoms with Crippen LogP contribution in [-0.2, 0) is 11.3 Å². The normalized spacial score (nSPS) is 15.1. The predicted octanol–water partition coefficient (Wildman–Crippen LogP) is 3.70. The van der Waals surface area contributed by atoms with Gasteiger partial charge < -0.3 is 14.8 Å². The Labute approximate surface area is 168 Å². The minimum atomic E-state index is 0.749. The van der Waals surface area contributed by atoms with Crippen LogP contribution >= 0.6 is 0 Å². The molecule has 0 bridgehead atoms. The summed E-state index contributed by atoms with van der Waals surface area (Å²) in [5.41, 5.74) is 4.01. The van der Waals surface area contributed by atoms with Gasteiger partial charge in [-0.15, -0.1) is 0 Å². The van der Waals surface area contributed by atoms with Crippen molar-refractivity contribution in [1.29, 1.82) is 0 Å². The highest BCUT2D eigenvalue weighted by Gasteiger charge is 2.14. The number of hydrogen-bond acceptors (Lipinski definition) is 6. The quantitative estimate of drug-likeness (QED) is 0.542. The highest BCUT2D eigenvalue weighted by molar-refractivity contribution is 6.11. The van der Waals surface area contributed by atoms with Crippen LogP contribution in [0.3, 0.4) is 0 Å². The summed E-state index contributed by atoms with van der Waals surface area (Å²) in [6, 6.07) is 14.4. The standard InChI is InChI=1S/C22H23N5O2/c1-28-19-4-2-3-18-20(19)17-13-23-26-21(17)22(25-18)24-16-7-5-15(6-8-16)14-27-9-11-29-12-10-27/h2-8,13H,9-12,14H2,1H3,(H,23,26)(H,24,25). The van der Waals surface area contributed by atoms with Gasteiger partial charge in [0.2, 0.25) is 0 Å². The van der Waals surface area contributed by atoms with Gasteiger partial charge in [-0.2, -0.15) is 5.10 Å². The van der Waals surface area contributed by atoms with E-state index in [1.54, 1.807) is 7.11 Å². The lowest BCUT2D eigenvalue weighted by atomic mass is 10.1. The Morgan fingerprint density at radius 3 is 2.76 bits per heavy atom. The number of nitrogens with zero attached hydrogens (tertiary/aromatic N) is 3. The second kappa shape index (κ2) is 7.69. The molecule has 2 N–H and O–H groups in total. The number of hydrogen-bond donors (Lipinski definition) is 2. The summed E-state index contributed by atoms with van der Waals surface area (Å²) in [4.78, 5) is 7.23. The van der Waals surface area contributed by atoms with Gasteiger partial charge in [-0.05, 0) is 29.8 Å². The SMILES string of the molecule is COc1cccc2nc(Nc3ccc(CN4CCOCC4)cc3)c3[nH]ncc3c12. The molecule has 0 atom stereocenters. The fourth-order valence-electron chi connectivity index (χ4n) is 3.82. The molecule has 0 spiro atoms.